The standard InChI is InChI=1S/C14H9NO4/c16-12(17)7-15-13(18)10-5-8-3-1-2-4-9(8)6-11(10)14(15)19/h1-6H,7H2,(H,16,17). The first-order valence-corrected chi connectivity index (χ1v) is 5.69. The van der Waals surface area contributed by atoms with Crippen molar-refractivity contribution in [2.45, 2.75) is 0 Å². The van der Waals surface area contributed by atoms with E-state index in [2.05, 4.69) is 0 Å². The molecule has 1 aliphatic heterocycles. The van der Waals surface area contributed by atoms with Crippen LogP contribution in [0.4, 0.5) is 0 Å². The zero-order valence-corrected chi connectivity index (χ0v) is 9.79. The fourth-order valence-corrected chi connectivity index (χ4v) is 2.26. The average Bonchev–Trinajstić information content (AvgIpc) is 2.61. The number of imide groups is 1. The third-order valence-electron chi connectivity index (χ3n) is 3.13. The molecule has 1 heterocycles. The zero-order chi connectivity index (χ0) is 13.6. The smallest absolute Gasteiger partial charge is 0.323 e. The maximum atomic E-state index is 12.0. The summed E-state index contributed by atoms with van der Waals surface area (Å²) in [5.74, 6) is -2.31. The summed E-state index contributed by atoms with van der Waals surface area (Å²) in [4.78, 5) is 35.5. The van der Waals surface area contributed by atoms with Crippen LogP contribution >= 0.6 is 0 Å². The van der Waals surface area contributed by atoms with E-state index < -0.39 is 24.3 Å². The lowest BCUT2D eigenvalue weighted by Gasteiger charge is -2.09. The second-order valence-corrected chi connectivity index (χ2v) is 4.34. The summed E-state index contributed by atoms with van der Waals surface area (Å²) >= 11 is 0. The molecule has 19 heavy (non-hydrogen) atoms. The summed E-state index contributed by atoms with van der Waals surface area (Å²) in [6.45, 7) is -0.608. The largest absolute Gasteiger partial charge is 0.480 e. The Labute approximate surface area is 108 Å². The molecular weight excluding hydrogens is 246 g/mol. The second kappa shape index (κ2) is 3.91. The molecule has 0 saturated heterocycles. The molecule has 2 amide bonds. The van der Waals surface area contributed by atoms with E-state index in [1.807, 2.05) is 24.3 Å². The third-order valence-corrected chi connectivity index (χ3v) is 3.13. The molecule has 0 atom stereocenters. The van der Waals surface area contributed by atoms with Gasteiger partial charge in [0.15, 0.2) is 0 Å². The number of aliphatic carboxylic acids is 1. The molecule has 94 valence electrons. The number of carbonyl (C=O) groups excluding carboxylic acids is 2. The van der Waals surface area contributed by atoms with E-state index in [1.165, 1.54) is 0 Å². The minimum absolute atomic E-state index is 0.268. The van der Waals surface area contributed by atoms with Crippen molar-refractivity contribution >= 4 is 28.6 Å². The van der Waals surface area contributed by atoms with Gasteiger partial charge in [0.2, 0.25) is 0 Å². The van der Waals surface area contributed by atoms with E-state index in [0.717, 1.165) is 15.7 Å². The molecule has 5 heteroatoms. The monoisotopic (exact) mass is 255 g/mol. The molecule has 0 spiro atoms. The van der Waals surface area contributed by atoms with Crippen molar-refractivity contribution in [3.8, 4) is 0 Å². The van der Waals surface area contributed by atoms with E-state index in [4.69, 9.17) is 5.11 Å². The lowest BCUT2D eigenvalue weighted by Crippen LogP contribution is -2.34. The van der Waals surface area contributed by atoms with Gasteiger partial charge in [-0.3, -0.25) is 19.3 Å². The van der Waals surface area contributed by atoms with Crippen LogP contribution in [0.5, 0.6) is 0 Å². The van der Waals surface area contributed by atoms with Gasteiger partial charge in [0.1, 0.15) is 6.54 Å². The number of hydrogen-bond acceptors (Lipinski definition) is 3. The van der Waals surface area contributed by atoms with Crippen LogP contribution in [0.1, 0.15) is 20.7 Å². The molecule has 0 aromatic heterocycles. The number of carboxylic acid groups (broad SMARTS) is 1. The minimum atomic E-state index is -1.21. The topological polar surface area (TPSA) is 74.7 Å². The van der Waals surface area contributed by atoms with E-state index in [1.54, 1.807) is 12.1 Å². The highest BCUT2D eigenvalue weighted by Crippen LogP contribution is 2.27. The molecule has 0 radical (unpaired) electrons. The molecule has 0 unspecified atom stereocenters. The summed E-state index contributed by atoms with van der Waals surface area (Å²) in [6, 6.07) is 10.6. The molecule has 0 fully saturated rings. The Hall–Kier alpha value is -2.69. The first kappa shape index (κ1) is 11.4. The predicted octanol–water partition coefficient (Wildman–Crippen LogP) is 1.52. The van der Waals surface area contributed by atoms with Gasteiger partial charge in [-0.15, -0.1) is 0 Å². The number of benzene rings is 2. The third kappa shape index (κ3) is 1.67. The van der Waals surface area contributed by atoms with Gasteiger partial charge in [0.25, 0.3) is 11.8 Å². The van der Waals surface area contributed by atoms with Crippen molar-refractivity contribution in [2.24, 2.45) is 0 Å². The van der Waals surface area contributed by atoms with Crippen molar-refractivity contribution < 1.29 is 19.5 Å². The number of nitrogens with zero attached hydrogens (tertiary/aromatic N) is 1. The SMILES string of the molecule is O=C(O)CN1C(=O)c2cc3ccccc3cc2C1=O. The van der Waals surface area contributed by atoms with Gasteiger partial charge in [-0.1, -0.05) is 24.3 Å². The molecule has 1 aliphatic rings. The van der Waals surface area contributed by atoms with Gasteiger partial charge < -0.3 is 5.11 Å². The minimum Gasteiger partial charge on any atom is -0.480 e. The van der Waals surface area contributed by atoms with Crippen molar-refractivity contribution in [1.82, 2.24) is 4.90 Å². The van der Waals surface area contributed by atoms with Crippen molar-refractivity contribution in [2.75, 3.05) is 6.54 Å². The van der Waals surface area contributed by atoms with Crippen LogP contribution in [-0.2, 0) is 4.79 Å². The lowest BCUT2D eigenvalue weighted by atomic mass is 10.0. The summed E-state index contributed by atoms with van der Waals surface area (Å²) in [7, 11) is 0. The molecule has 2 aromatic carbocycles. The Morgan fingerprint density at radius 1 is 1.00 bits per heavy atom. The molecule has 0 aliphatic carbocycles. The molecule has 2 aromatic rings. The highest BCUT2D eigenvalue weighted by atomic mass is 16.4. The Morgan fingerprint density at radius 3 is 1.89 bits per heavy atom. The van der Waals surface area contributed by atoms with Crippen LogP contribution in [0.15, 0.2) is 36.4 Å². The predicted molar refractivity (Wildman–Crippen MR) is 67.0 cm³/mol. The van der Waals surface area contributed by atoms with Gasteiger partial charge in [0.05, 0.1) is 11.1 Å². The summed E-state index contributed by atoms with van der Waals surface area (Å²) in [5, 5.41) is 10.4. The second-order valence-electron chi connectivity index (χ2n) is 4.34. The van der Waals surface area contributed by atoms with Crippen LogP contribution in [0.3, 0.4) is 0 Å². The Bertz CT molecular complexity index is 681. The van der Waals surface area contributed by atoms with Crippen LogP contribution in [-0.4, -0.2) is 34.3 Å². The first-order valence-electron chi connectivity index (χ1n) is 5.69. The normalized spacial score (nSPS) is 14.0. The number of fused-ring (bicyclic) bond motifs is 2. The Balaban J connectivity index is 2.16. The highest BCUT2D eigenvalue weighted by molar-refractivity contribution is 6.23. The molecular formula is C14H9NO4. The van der Waals surface area contributed by atoms with Crippen molar-refractivity contribution in [3.63, 3.8) is 0 Å². The summed E-state index contributed by atoms with van der Waals surface area (Å²) in [6.07, 6.45) is 0. The van der Waals surface area contributed by atoms with Gasteiger partial charge in [-0.05, 0) is 22.9 Å². The Kier molecular flexibility index (Phi) is 2.35. The van der Waals surface area contributed by atoms with Crippen LogP contribution < -0.4 is 0 Å². The van der Waals surface area contributed by atoms with E-state index in [9.17, 15) is 14.4 Å². The van der Waals surface area contributed by atoms with Crippen molar-refractivity contribution in [3.05, 3.63) is 47.5 Å². The lowest BCUT2D eigenvalue weighted by molar-refractivity contribution is -0.137. The van der Waals surface area contributed by atoms with Gasteiger partial charge >= 0.3 is 5.97 Å². The average molecular weight is 255 g/mol. The van der Waals surface area contributed by atoms with E-state index in [-0.39, 0.29) is 11.1 Å². The van der Waals surface area contributed by atoms with E-state index >= 15 is 0 Å². The van der Waals surface area contributed by atoms with Gasteiger partial charge in [-0.2, -0.15) is 0 Å². The molecule has 0 saturated carbocycles. The van der Waals surface area contributed by atoms with E-state index in [0.29, 0.717) is 0 Å². The fourth-order valence-electron chi connectivity index (χ4n) is 2.26. The molecule has 3 rings (SSSR count). The van der Waals surface area contributed by atoms with Crippen molar-refractivity contribution in [1.29, 1.82) is 0 Å². The number of amides is 2. The van der Waals surface area contributed by atoms with Crippen LogP contribution in [0.25, 0.3) is 10.8 Å². The quantitative estimate of drug-likeness (QED) is 0.825. The maximum absolute atomic E-state index is 12.0. The van der Waals surface area contributed by atoms with Gasteiger partial charge in [-0.25, -0.2) is 0 Å². The van der Waals surface area contributed by atoms with Gasteiger partial charge in [0, 0.05) is 0 Å². The first-order chi connectivity index (χ1) is 9.08. The summed E-state index contributed by atoms with van der Waals surface area (Å²) in [5.41, 5.74) is 0.537. The number of carboxylic acids is 1. The number of hydrogen-bond donors (Lipinski definition) is 1. The van der Waals surface area contributed by atoms with Crippen LogP contribution in [0, 0.1) is 0 Å². The fraction of sp³-hybridized carbons (Fsp3) is 0.0714. The number of carbonyl (C=O) groups is 3. The zero-order valence-electron chi connectivity index (χ0n) is 9.79. The summed E-state index contributed by atoms with van der Waals surface area (Å²) < 4.78 is 0. The Morgan fingerprint density at radius 2 is 1.47 bits per heavy atom. The number of rotatable bonds is 2. The van der Waals surface area contributed by atoms with Crippen LogP contribution in [0.2, 0.25) is 0 Å². The molecule has 1 N–H and O–H groups in total. The molecule has 0 bridgehead atoms. The maximum Gasteiger partial charge on any atom is 0.323 e. The molecule has 5 nitrogen and oxygen atoms in total. The highest BCUT2D eigenvalue weighted by Gasteiger charge is 2.36.